The minimum atomic E-state index is -0.0644. The van der Waals surface area contributed by atoms with Gasteiger partial charge in [0.25, 0.3) is 11.8 Å². The summed E-state index contributed by atoms with van der Waals surface area (Å²) < 4.78 is 0. The van der Waals surface area contributed by atoms with E-state index in [1.54, 1.807) is 38.4 Å². The maximum Gasteiger partial charge on any atom is 0.254 e. The quantitative estimate of drug-likeness (QED) is 0.917. The van der Waals surface area contributed by atoms with Crippen LogP contribution in [-0.2, 0) is 0 Å². The van der Waals surface area contributed by atoms with Crippen molar-refractivity contribution in [3.63, 3.8) is 0 Å². The average Bonchev–Trinajstić information content (AvgIpc) is 2.53. The third-order valence-corrected chi connectivity index (χ3v) is 4.20. The Labute approximate surface area is 144 Å². The fourth-order valence-electron chi connectivity index (χ4n) is 2.94. The smallest absolute Gasteiger partial charge is 0.254 e. The Bertz CT molecular complexity index is 543. The molecule has 2 atom stereocenters. The highest BCUT2D eigenvalue weighted by atomic mass is 35.5. The molecule has 0 aromatic heterocycles. The van der Waals surface area contributed by atoms with Gasteiger partial charge in [0.05, 0.1) is 0 Å². The Kier molecular flexibility index (Phi) is 7.03. The number of likely N-dealkylation sites (tertiary alicyclic amines) is 1. The lowest BCUT2D eigenvalue weighted by Crippen LogP contribution is -2.51. The number of carbonyl (C=O) groups is 2. The predicted molar refractivity (Wildman–Crippen MR) is 94.0 cm³/mol. The second-order valence-electron chi connectivity index (χ2n) is 6.20. The molecule has 1 saturated heterocycles. The number of carbonyl (C=O) groups excluding carboxylic acids is 2. The number of nitrogens with two attached hydrogens (primary N) is 1. The second kappa shape index (κ2) is 8.31. The van der Waals surface area contributed by atoms with Gasteiger partial charge in [-0.05, 0) is 50.5 Å². The van der Waals surface area contributed by atoms with Gasteiger partial charge >= 0.3 is 0 Å². The van der Waals surface area contributed by atoms with Gasteiger partial charge in [0.1, 0.15) is 0 Å². The van der Waals surface area contributed by atoms with E-state index in [-0.39, 0.29) is 36.3 Å². The van der Waals surface area contributed by atoms with Gasteiger partial charge in [-0.2, -0.15) is 0 Å². The van der Waals surface area contributed by atoms with E-state index in [4.69, 9.17) is 5.73 Å². The molecule has 1 aromatic rings. The van der Waals surface area contributed by atoms with Gasteiger partial charge in [-0.15, -0.1) is 12.4 Å². The van der Waals surface area contributed by atoms with Gasteiger partial charge < -0.3 is 15.5 Å². The first-order valence-corrected chi connectivity index (χ1v) is 7.80. The van der Waals surface area contributed by atoms with Gasteiger partial charge in [-0.25, -0.2) is 0 Å². The van der Waals surface area contributed by atoms with Crippen LogP contribution in [0.1, 0.15) is 46.9 Å². The summed E-state index contributed by atoms with van der Waals surface area (Å²) in [6.07, 6.45) is 3.10. The molecule has 2 N–H and O–H groups in total. The summed E-state index contributed by atoms with van der Waals surface area (Å²) in [5.41, 5.74) is 7.23. The molecule has 1 heterocycles. The molecule has 0 spiro atoms. The van der Waals surface area contributed by atoms with Crippen LogP contribution in [0.25, 0.3) is 0 Å². The molecule has 5 nitrogen and oxygen atoms in total. The second-order valence-corrected chi connectivity index (χ2v) is 6.20. The monoisotopic (exact) mass is 339 g/mol. The molecule has 1 aliphatic heterocycles. The molecular formula is C17H26ClN3O2. The summed E-state index contributed by atoms with van der Waals surface area (Å²) in [4.78, 5) is 28.0. The van der Waals surface area contributed by atoms with E-state index in [1.807, 2.05) is 11.8 Å². The van der Waals surface area contributed by atoms with Crippen LogP contribution in [0.5, 0.6) is 0 Å². The summed E-state index contributed by atoms with van der Waals surface area (Å²) in [6.45, 7) is 2.71. The van der Waals surface area contributed by atoms with Crippen molar-refractivity contribution in [2.75, 3.05) is 20.6 Å². The lowest BCUT2D eigenvalue weighted by molar-refractivity contribution is 0.0583. The highest BCUT2D eigenvalue weighted by molar-refractivity contribution is 5.97. The first kappa shape index (κ1) is 19.5. The van der Waals surface area contributed by atoms with Crippen LogP contribution in [0.4, 0.5) is 0 Å². The number of nitrogens with zero attached hydrogens (tertiary/aromatic N) is 2. The van der Waals surface area contributed by atoms with Crippen molar-refractivity contribution < 1.29 is 9.59 Å². The normalized spacial score (nSPS) is 18.8. The number of hydrogen-bond donors (Lipinski definition) is 1. The Hall–Kier alpha value is -1.59. The van der Waals surface area contributed by atoms with Crippen LogP contribution in [-0.4, -0.2) is 54.3 Å². The van der Waals surface area contributed by atoms with Gasteiger partial charge in [0.15, 0.2) is 0 Å². The maximum absolute atomic E-state index is 12.7. The molecule has 1 fully saturated rings. The standard InChI is InChI=1S/C17H25N3O2.ClH/c1-12(18)15-6-4-5-11-20(15)17(22)14-9-7-13(8-10-14)16(21)19(2)3;/h7-10,12,15H,4-6,11,18H2,1-3H3;1H. The Morgan fingerprint density at radius 3 is 2.26 bits per heavy atom. The van der Waals surface area contributed by atoms with Crippen LogP contribution >= 0.6 is 12.4 Å². The third-order valence-electron chi connectivity index (χ3n) is 4.20. The third kappa shape index (κ3) is 4.45. The predicted octanol–water partition coefficient (Wildman–Crippen LogP) is 2.15. The lowest BCUT2D eigenvalue weighted by Gasteiger charge is -2.38. The number of piperidine rings is 1. The summed E-state index contributed by atoms with van der Waals surface area (Å²) in [5.74, 6) is -0.0590. The van der Waals surface area contributed by atoms with Gasteiger partial charge in [-0.1, -0.05) is 0 Å². The van der Waals surface area contributed by atoms with Gasteiger partial charge in [0.2, 0.25) is 0 Å². The molecule has 0 bridgehead atoms. The zero-order valence-corrected chi connectivity index (χ0v) is 14.8. The van der Waals surface area contributed by atoms with E-state index in [2.05, 4.69) is 0 Å². The van der Waals surface area contributed by atoms with Crippen molar-refractivity contribution in [3.05, 3.63) is 35.4 Å². The largest absolute Gasteiger partial charge is 0.345 e. The van der Waals surface area contributed by atoms with Crippen molar-refractivity contribution in [1.29, 1.82) is 0 Å². The number of hydrogen-bond acceptors (Lipinski definition) is 3. The van der Waals surface area contributed by atoms with Crippen LogP contribution < -0.4 is 5.73 Å². The highest BCUT2D eigenvalue weighted by Crippen LogP contribution is 2.21. The topological polar surface area (TPSA) is 66.6 Å². The van der Waals surface area contributed by atoms with Gasteiger partial charge in [0, 0.05) is 43.9 Å². The van der Waals surface area contributed by atoms with Crippen molar-refractivity contribution in [2.24, 2.45) is 5.73 Å². The van der Waals surface area contributed by atoms with Crippen molar-refractivity contribution >= 4 is 24.2 Å². The van der Waals surface area contributed by atoms with Crippen LogP contribution in [0.15, 0.2) is 24.3 Å². The minimum absolute atomic E-state index is 0. The molecule has 1 aliphatic rings. The molecule has 2 unspecified atom stereocenters. The average molecular weight is 340 g/mol. The number of rotatable bonds is 3. The van der Waals surface area contributed by atoms with E-state index < -0.39 is 0 Å². The Balaban J connectivity index is 0.00000264. The molecule has 0 radical (unpaired) electrons. The van der Waals surface area contributed by atoms with E-state index in [1.165, 1.54) is 4.90 Å². The zero-order valence-electron chi connectivity index (χ0n) is 14.0. The van der Waals surface area contributed by atoms with E-state index in [0.29, 0.717) is 11.1 Å². The summed E-state index contributed by atoms with van der Waals surface area (Å²) in [7, 11) is 3.42. The van der Waals surface area contributed by atoms with Crippen molar-refractivity contribution in [2.45, 2.75) is 38.3 Å². The minimum Gasteiger partial charge on any atom is -0.345 e. The van der Waals surface area contributed by atoms with E-state index in [0.717, 1.165) is 25.8 Å². The molecule has 23 heavy (non-hydrogen) atoms. The molecule has 1 aromatic carbocycles. The molecule has 2 rings (SSSR count). The Morgan fingerprint density at radius 1 is 1.17 bits per heavy atom. The lowest BCUT2D eigenvalue weighted by atomic mass is 9.96. The fourth-order valence-corrected chi connectivity index (χ4v) is 2.94. The molecule has 6 heteroatoms. The zero-order chi connectivity index (χ0) is 16.3. The van der Waals surface area contributed by atoms with Gasteiger partial charge in [-0.3, -0.25) is 9.59 Å². The highest BCUT2D eigenvalue weighted by Gasteiger charge is 2.29. The molecule has 0 aliphatic carbocycles. The maximum atomic E-state index is 12.7. The van der Waals surface area contributed by atoms with E-state index >= 15 is 0 Å². The number of benzene rings is 1. The summed E-state index contributed by atoms with van der Waals surface area (Å²) in [6, 6.07) is 6.95. The first-order valence-electron chi connectivity index (χ1n) is 7.80. The van der Waals surface area contributed by atoms with Crippen molar-refractivity contribution in [1.82, 2.24) is 9.80 Å². The number of amides is 2. The molecular weight excluding hydrogens is 314 g/mol. The van der Waals surface area contributed by atoms with E-state index in [9.17, 15) is 9.59 Å². The van der Waals surface area contributed by atoms with Crippen molar-refractivity contribution in [3.8, 4) is 0 Å². The Morgan fingerprint density at radius 2 is 1.74 bits per heavy atom. The number of halogens is 1. The first-order chi connectivity index (χ1) is 10.4. The molecule has 128 valence electrons. The molecule has 2 amide bonds. The summed E-state index contributed by atoms with van der Waals surface area (Å²) in [5, 5.41) is 0. The van der Waals surface area contributed by atoms with Crippen LogP contribution in [0, 0.1) is 0 Å². The summed E-state index contributed by atoms with van der Waals surface area (Å²) >= 11 is 0. The molecule has 0 saturated carbocycles. The fraction of sp³-hybridized carbons (Fsp3) is 0.529. The van der Waals surface area contributed by atoms with Crippen LogP contribution in [0.3, 0.4) is 0 Å². The SMILES string of the molecule is CC(N)C1CCCCN1C(=O)c1ccc(C(=O)N(C)C)cc1.Cl. The van der Waals surface area contributed by atoms with Crippen LogP contribution in [0.2, 0.25) is 0 Å².